The van der Waals surface area contributed by atoms with Gasteiger partial charge in [0.25, 0.3) is 0 Å². The fourth-order valence-corrected chi connectivity index (χ4v) is 1.42. The Morgan fingerprint density at radius 3 is 2.71 bits per heavy atom. The molecular weight excluding hydrogens is 206 g/mol. The van der Waals surface area contributed by atoms with Gasteiger partial charge >= 0.3 is 5.97 Å². The third-order valence-electron chi connectivity index (χ3n) is 1.92. The average molecular weight is 212 g/mol. The molecule has 0 saturated carbocycles. The van der Waals surface area contributed by atoms with Crippen molar-refractivity contribution in [2.45, 2.75) is 0 Å². The molecule has 0 fully saturated rings. The number of benzene rings is 1. The highest BCUT2D eigenvalue weighted by Gasteiger charge is 2.09. The van der Waals surface area contributed by atoms with E-state index in [1.807, 2.05) is 0 Å². The molecule has 0 atom stereocenters. The Morgan fingerprint density at radius 1 is 1.36 bits per heavy atom. The lowest BCUT2D eigenvalue weighted by atomic mass is 10.2. The molecule has 1 aromatic carbocycles. The minimum atomic E-state index is -1.04. The van der Waals surface area contributed by atoms with Crippen LogP contribution >= 0.6 is 11.6 Å². The smallest absolute Gasteiger partial charge is 0.352 e. The summed E-state index contributed by atoms with van der Waals surface area (Å²) in [5.41, 5.74) is 0.659. The number of phenolic OH excluding ortho intramolecular Hbond substituents is 1. The Kier molecular flexibility index (Phi) is 1.86. The highest BCUT2D eigenvalue weighted by molar-refractivity contribution is 6.32. The molecule has 0 aliphatic rings. The maximum atomic E-state index is 10.6. The number of phenols is 1. The monoisotopic (exact) mass is 211 g/mol. The Bertz CT molecular complexity index is 479. The van der Waals surface area contributed by atoms with Gasteiger partial charge in [-0.2, -0.15) is 0 Å². The van der Waals surface area contributed by atoms with Gasteiger partial charge < -0.3 is 15.2 Å². The van der Waals surface area contributed by atoms with E-state index in [-0.39, 0.29) is 16.5 Å². The van der Waals surface area contributed by atoms with Gasteiger partial charge in [-0.05, 0) is 18.2 Å². The van der Waals surface area contributed by atoms with Crippen molar-refractivity contribution in [3.05, 3.63) is 28.9 Å². The predicted molar refractivity (Wildman–Crippen MR) is 51.9 cm³/mol. The van der Waals surface area contributed by atoms with E-state index in [2.05, 4.69) is 4.98 Å². The van der Waals surface area contributed by atoms with Crippen LogP contribution in [0.1, 0.15) is 10.5 Å². The number of aromatic carboxylic acids is 1. The Balaban J connectivity index is 2.72. The number of hydrogen-bond acceptors (Lipinski definition) is 2. The standard InChI is InChI=1S/C9H6ClNO3/c10-5-3-6-4(2-8(5)12)1-7(11-6)9(13)14/h1-3,11-12H,(H,13,14). The van der Waals surface area contributed by atoms with Crippen LogP contribution in [0.15, 0.2) is 18.2 Å². The molecule has 2 aromatic rings. The lowest BCUT2D eigenvalue weighted by Gasteiger charge is -1.95. The van der Waals surface area contributed by atoms with E-state index < -0.39 is 5.97 Å². The van der Waals surface area contributed by atoms with Gasteiger partial charge in [-0.25, -0.2) is 4.79 Å². The zero-order chi connectivity index (χ0) is 10.3. The van der Waals surface area contributed by atoms with Crippen LogP contribution in [0.2, 0.25) is 5.02 Å². The summed E-state index contributed by atoms with van der Waals surface area (Å²) in [5.74, 6) is -1.10. The van der Waals surface area contributed by atoms with E-state index in [1.54, 1.807) is 0 Å². The van der Waals surface area contributed by atoms with Gasteiger partial charge in [0.2, 0.25) is 0 Å². The fourth-order valence-electron chi connectivity index (χ4n) is 1.26. The van der Waals surface area contributed by atoms with Crippen molar-refractivity contribution in [1.29, 1.82) is 0 Å². The van der Waals surface area contributed by atoms with Gasteiger partial charge in [-0.15, -0.1) is 0 Å². The van der Waals surface area contributed by atoms with Crippen molar-refractivity contribution in [3.8, 4) is 5.75 Å². The summed E-state index contributed by atoms with van der Waals surface area (Å²) in [6.07, 6.45) is 0. The normalized spacial score (nSPS) is 10.6. The molecule has 0 aliphatic carbocycles. The van der Waals surface area contributed by atoms with E-state index in [0.29, 0.717) is 10.9 Å². The fraction of sp³-hybridized carbons (Fsp3) is 0. The first-order chi connectivity index (χ1) is 6.58. The molecule has 0 bridgehead atoms. The molecule has 3 N–H and O–H groups in total. The SMILES string of the molecule is O=C(O)c1cc2cc(O)c(Cl)cc2[nH]1. The topological polar surface area (TPSA) is 73.3 Å². The summed E-state index contributed by atoms with van der Waals surface area (Å²) in [6, 6.07) is 4.34. The van der Waals surface area contributed by atoms with E-state index in [0.717, 1.165) is 0 Å². The van der Waals surface area contributed by atoms with Gasteiger partial charge in [0.1, 0.15) is 11.4 Å². The molecule has 1 heterocycles. The van der Waals surface area contributed by atoms with Crippen LogP contribution in [0.4, 0.5) is 0 Å². The number of aromatic amines is 1. The van der Waals surface area contributed by atoms with E-state index >= 15 is 0 Å². The van der Waals surface area contributed by atoms with Crippen molar-refractivity contribution in [2.75, 3.05) is 0 Å². The molecule has 14 heavy (non-hydrogen) atoms. The number of carbonyl (C=O) groups is 1. The summed E-state index contributed by atoms with van der Waals surface area (Å²) in [5, 5.41) is 18.8. The van der Waals surface area contributed by atoms with Crippen LogP contribution in [0.5, 0.6) is 5.75 Å². The quantitative estimate of drug-likeness (QED) is 0.677. The summed E-state index contributed by atoms with van der Waals surface area (Å²) >= 11 is 5.66. The second-order valence-corrected chi connectivity index (χ2v) is 3.29. The molecule has 2 rings (SSSR count). The number of carboxylic acid groups (broad SMARTS) is 1. The number of aromatic hydroxyl groups is 1. The first-order valence-corrected chi connectivity index (χ1v) is 4.20. The summed E-state index contributed by atoms with van der Waals surface area (Å²) < 4.78 is 0. The lowest BCUT2D eigenvalue weighted by molar-refractivity contribution is 0.0691. The molecule has 0 amide bonds. The Morgan fingerprint density at radius 2 is 2.07 bits per heavy atom. The van der Waals surface area contributed by atoms with Crippen LogP contribution in [0.3, 0.4) is 0 Å². The van der Waals surface area contributed by atoms with E-state index in [4.69, 9.17) is 16.7 Å². The third-order valence-corrected chi connectivity index (χ3v) is 2.22. The van der Waals surface area contributed by atoms with Gasteiger partial charge in [-0.3, -0.25) is 0 Å². The summed E-state index contributed by atoms with van der Waals surface area (Å²) in [6.45, 7) is 0. The largest absolute Gasteiger partial charge is 0.506 e. The molecule has 5 heteroatoms. The lowest BCUT2D eigenvalue weighted by Crippen LogP contribution is -1.94. The molecule has 0 unspecified atom stereocenters. The molecular formula is C9H6ClNO3. The minimum absolute atomic E-state index is 0.0601. The molecule has 0 aliphatic heterocycles. The molecule has 0 saturated heterocycles. The van der Waals surface area contributed by atoms with Crippen LogP contribution < -0.4 is 0 Å². The van der Waals surface area contributed by atoms with Gasteiger partial charge in [0.05, 0.1) is 5.02 Å². The number of nitrogens with one attached hydrogen (secondary N) is 1. The molecule has 0 radical (unpaired) electrons. The molecule has 0 spiro atoms. The van der Waals surface area contributed by atoms with Crippen molar-refractivity contribution in [1.82, 2.24) is 4.98 Å². The second kappa shape index (κ2) is 2.92. The average Bonchev–Trinajstić information content (AvgIpc) is 2.48. The summed E-state index contributed by atoms with van der Waals surface area (Å²) in [7, 11) is 0. The van der Waals surface area contributed by atoms with Crippen molar-refractivity contribution in [2.24, 2.45) is 0 Å². The highest BCUT2D eigenvalue weighted by atomic mass is 35.5. The maximum Gasteiger partial charge on any atom is 0.352 e. The van der Waals surface area contributed by atoms with E-state index in [1.165, 1.54) is 18.2 Å². The number of H-pyrrole nitrogens is 1. The highest BCUT2D eigenvalue weighted by Crippen LogP contribution is 2.28. The second-order valence-electron chi connectivity index (χ2n) is 2.88. The predicted octanol–water partition coefficient (Wildman–Crippen LogP) is 2.23. The van der Waals surface area contributed by atoms with Crippen molar-refractivity contribution < 1.29 is 15.0 Å². The van der Waals surface area contributed by atoms with Crippen LogP contribution in [0, 0.1) is 0 Å². The summed E-state index contributed by atoms with van der Waals surface area (Å²) in [4.78, 5) is 13.3. The van der Waals surface area contributed by atoms with E-state index in [9.17, 15) is 9.90 Å². The maximum absolute atomic E-state index is 10.6. The number of fused-ring (bicyclic) bond motifs is 1. The van der Waals surface area contributed by atoms with Crippen LogP contribution in [0.25, 0.3) is 10.9 Å². The molecule has 4 nitrogen and oxygen atoms in total. The van der Waals surface area contributed by atoms with Crippen LogP contribution in [-0.2, 0) is 0 Å². The number of halogens is 1. The van der Waals surface area contributed by atoms with Gasteiger partial charge in [-0.1, -0.05) is 11.6 Å². The van der Waals surface area contributed by atoms with Crippen LogP contribution in [-0.4, -0.2) is 21.2 Å². The van der Waals surface area contributed by atoms with Crippen molar-refractivity contribution >= 4 is 28.5 Å². The third kappa shape index (κ3) is 1.29. The van der Waals surface area contributed by atoms with Gasteiger partial charge in [0.15, 0.2) is 0 Å². The minimum Gasteiger partial charge on any atom is -0.506 e. The zero-order valence-electron chi connectivity index (χ0n) is 6.91. The van der Waals surface area contributed by atoms with Crippen molar-refractivity contribution in [3.63, 3.8) is 0 Å². The molecule has 1 aromatic heterocycles. The molecule has 72 valence electrons. The number of hydrogen-bond donors (Lipinski definition) is 3. The Labute approximate surface area is 83.7 Å². The Hall–Kier alpha value is -1.68. The first-order valence-electron chi connectivity index (χ1n) is 3.82. The zero-order valence-corrected chi connectivity index (χ0v) is 7.67. The number of aromatic nitrogens is 1. The number of rotatable bonds is 1. The first kappa shape index (κ1) is 8.90. The van der Waals surface area contributed by atoms with Gasteiger partial charge in [0, 0.05) is 10.9 Å². The number of carboxylic acids is 1.